The topological polar surface area (TPSA) is 54.6 Å². The molecule has 1 N–H and O–H groups in total. The molecule has 0 fully saturated rings. The summed E-state index contributed by atoms with van der Waals surface area (Å²) in [7, 11) is 0. The third-order valence-electron chi connectivity index (χ3n) is 2.67. The van der Waals surface area contributed by atoms with Gasteiger partial charge >= 0.3 is 0 Å². The number of hydrogen-bond acceptors (Lipinski definition) is 3. The lowest BCUT2D eigenvalue weighted by molar-refractivity contribution is -0.121. The van der Waals surface area contributed by atoms with Crippen LogP contribution in [0.2, 0.25) is 5.02 Å². The van der Waals surface area contributed by atoms with Crippen molar-refractivity contribution in [2.45, 2.75) is 19.8 Å². The van der Waals surface area contributed by atoms with E-state index in [-0.39, 0.29) is 5.91 Å². The molecule has 5 heteroatoms. The zero-order chi connectivity index (χ0) is 14.4. The predicted molar refractivity (Wildman–Crippen MR) is 79.0 cm³/mol. The highest BCUT2D eigenvalue weighted by atomic mass is 35.5. The summed E-state index contributed by atoms with van der Waals surface area (Å²) in [6.07, 6.45) is 2.48. The summed E-state index contributed by atoms with van der Waals surface area (Å²) in [4.78, 5) is 11.6. The molecule has 104 valence electrons. The van der Waals surface area contributed by atoms with Crippen LogP contribution in [-0.4, -0.2) is 12.1 Å². The van der Waals surface area contributed by atoms with E-state index in [0.29, 0.717) is 17.9 Å². The van der Waals surface area contributed by atoms with Gasteiger partial charge in [-0.15, -0.1) is 0 Å². The smallest absolute Gasteiger partial charge is 0.240 e. The molecule has 0 unspecified atom stereocenters. The first kappa shape index (κ1) is 14.3. The fraction of sp³-hybridized carbons (Fsp3) is 0.200. The zero-order valence-electron chi connectivity index (χ0n) is 11.1. The minimum Gasteiger partial charge on any atom is -0.466 e. The van der Waals surface area contributed by atoms with E-state index >= 15 is 0 Å². The Morgan fingerprint density at radius 2 is 2.05 bits per heavy atom. The highest BCUT2D eigenvalue weighted by Gasteiger charge is 2.03. The van der Waals surface area contributed by atoms with Gasteiger partial charge < -0.3 is 4.42 Å². The summed E-state index contributed by atoms with van der Waals surface area (Å²) in [6.45, 7) is 1.87. The molecule has 0 aliphatic rings. The minimum atomic E-state index is -0.149. The maximum absolute atomic E-state index is 11.6. The Bertz CT molecular complexity index is 603. The third kappa shape index (κ3) is 4.55. The number of carbonyl (C=O) groups is 1. The van der Waals surface area contributed by atoms with Gasteiger partial charge in [0.05, 0.1) is 6.21 Å². The molecule has 0 aliphatic carbocycles. The summed E-state index contributed by atoms with van der Waals surface area (Å²) in [5.41, 5.74) is 3.35. The maximum atomic E-state index is 11.6. The molecule has 1 amide bonds. The molecule has 0 bridgehead atoms. The fourth-order valence-electron chi connectivity index (χ4n) is 1.64. The third-order valence-corrected chi connectivity index (χ3v) is 2.92. The van der Waals surface area contributed by atoms with E-state index < -0.39 is 0 Å². The van der Waals surface area contributed by atoms with Gasteiger partial charge in [-0.3, -0.25) is 4.79 Å². The molecule has 0 radical (unpaired) electrons. The Labute approximate surface area is 122 Å². The maximum Gasteiger partial charge on any atom is 0.240 e. The number of furan rings is 1. The van der Waals surface area contributed by atoms with Crippen molar-refractivity contribution >= 4 is 23.7 Å². The van der Waals surface area contributed by atoms with E-state index in [0.717, 1.165) is 17.1 Å². The largest absolute Gasteiger partial charge is 0.466 e. The number of rotatable bonds is 5. The second-order valence-corrected chi connectivity index (χ2v) is 4.79. The Balaban J connectivity index is 1.76. The zero-order valence-corrected chi connectivity index (χ0v) is 11.9. The quantitative estimate of drug-likeness (QED) is 0.678. The average molecular weight is 291 g/mol. The molecule has 4 nitrogen and oxygen atoms in total. The molecule has 2 aromatic rings. The lowest BCUT2D eigenvalue weighted by atomic mass is 10.2. The highest BCUT2D eigenvalue weighted by Crippen LogP contribution is 2.09. The van der Waals surface area contributed by atoms with Crippen LogP contribution in [0.15, 0.2) is 45.9 Å². The van der Waals surface area contributed by atoms with Gasteiger partial charge in [0.25, 0.3) is 0 Å². The summed E-state index contributed by atoms with van der Waals surface area (Å²) in [5, 5.41) is 4.56. The van der Waals surface area contributed by atoms with E-state index in [4.69, 9.17) is 16.0 Å². The highest BCUT2D eigenvalue weighted by molar-refractivity contribution is 6.30. The molecular formula is C15H15ClN2O2. The first-order valence-corrected chi connectivity index (χ1v) is 6.64. The van der Waals surface area contributed by atoms with Gasteiger partial charge in [-0.2, -0.15) is 5.10 Å². The summed E-state index contributed by atoms with van der Waals surface area (Å²) >= 11 is 5.77. The number of nitrogens with zero attached hydrogens (tertiary/aromatic N) is 1. The lowest BCUT2D eigenvalue weighted by Crippen LogP contribution is -2.17. The monoisotopic (exact) mass is 290 g/mol. The Morgan fingerprint density at radius 1 is 1.30 bits per heavy atom. The Morgan fingerprint density at radius 3 is 2.70 bits per heavy atom. The second kappa shape index (κ2) is 6.91. The number of hydrazone groups is 1. The van der Waals surface area contributed by atoms with Crippen LogP contribution in [0.1, 0.15) is 23.5 Å². The number of hydrogen-bond donors (Lipinski definition) is 1. The molecule has 0 aliphatic heterocycles. The number of benzene rings is 1. The molecule has 0 saturated heterocycles. The van der Waals surface area contributed by atoms with Gasteiger partial charge in [-0.1, -0.05) is 23.7 Å². The molecule has 1 aromatic carbocycles. The second-order valence-electron chi connectivity index (χ2n) is 4.36. The van der Waals surface area contributed by atoms with E-state index in [1.54, 1.807) is 18.3 Å². The van der Waals surface area contributed by atoms with Crippen molar-refractivity contribution in [3.63, 3.8) is 0 Å². The van der Waals surface area contributed by atoms with Crippen molar-refractivity contribution < 1.29 is 9.21 Å². The molecular weight excluding hydrogens is 276 g/mol. The van der Waals surface area contributed by atoms with Crippen LogP contribution in [0.25, 0.3) is 0 Å². The van der Waals surface area contributed by atoms with E-state index in [9.17, 15) is 4.79 Å². The predicted octanol–water partition coefficient (Wildman–Crippen LogP) is 3.32. The van der Waals surface area contributed by atoms with Gasteiger partial charge in [-0.05, 0) is 36.8 Å². The van der Waals surface area contributed by atoms with Gasteiger partial charge in [0.1, 0.15) is 11.5 Å². The summed E-state index contributed by atoms with van der Waals surface area (Å²) in [5.74, 6) is 1.50. The van der Waals surface area contributed by atoms with Crippen LogP contribution in [0, 0.1) is 6.92 Å². The van der Waals surface area contributed by atoms with Crippen LogP contribution in [0.4, 0.5) is 0 Å². The average Bonchev–Trinajstić information content (AvgIpc) is 2.85. The van der Waals surface area contributed by atoms with Crippen molar-refractivity contribution in [3.05, 3.63) is 58.5 Å². The normalized spacial score (nSPS) is 10.9. The van der Waals surface area contributed by atoms with Crippen LogP contribution in [0.5, 0.6) is 0 Å². The number of amides is 1. The first-order valence-electron chi connectivity index (χ1n) is 6.26. The van der Waals surface area contributed by atoms with Gasteiger partial charge in [-0.25, -0.2) is 5.43 Å². The molecule has 1 heterocycles. The fourth-order valence-corrected chi connectivity index (χ4v) is 1.77. The van der Waals surface area contributed by atoms with E-state index in [2.05, 4.69) is 10.5 Å². The lowest BCUT2D eigenvalue weighted by Gasteiger charge is -1.98. The summed E-state index contributed by atoms with van der Waals surface area (Å²) < 4.78 is 5.39. The van der Waals surface area contributed by atoms with Gasteiger partial charge in [0, 0.05) is 17.9 Å². The van der Waals surface area contributed by atoms with Crippen molar-refractivity contribution in [2.75, 3.05) is 0 Å². The molecule has 0 spiro atoms. The van der Waals surface area contributed by atoms with Gasteiger partial charge in [0.15, 0.2) is 0 Å². The van der Waals surface area contributed by atoms with E-state index in [1.807, 2.05) is 31.2 Å². The molecule has 0 atom stereocenters. The SMILES string of the molecule is Cc1ccc(CCC(=O)N/N=C/c2ccc(Cl)cc2)o1. The minimum absolute atomic E-state index is 0.149. The molecule has 1 aromatic heterocycles. The van der Waals surface area contributed by atoms with E-state index in [1.165, 1.54) is 0 Å². The number of carbonyl (C=O) groups excluding carboxylic acids is 1. The van der Waals surface area contributed by atoms with Crippen molar-refractivity contribution in [2.24, 2.45) is 5.10 Å². The Hall–Kier alpha value is -2.07. The first-order chi connectivity index (χ1) is 9.63. The van der Waals surface area contributed by atoms with Crippen LogP contribution < -0.4 is 5.43 Å². The number of halogens is 1. The summed E-state index contributed by atoms with van der Waals surface area (Å²) in [6, 6.07) is 10.9. The molecule has 2 rings (SSSR count). The number of aryl methyl sites for hydroxylation is 2. The van der Waals surface area contributed by atoms with Crippen LogP contribution in [-0.2, 0) is 11.2 Å². The Kier molecular flexibility index (Phi) is 4.96. The van der Waals surface area contributed by atoms with Crippen LogP contribution >= 0.6 is 11.6 Å². The standard InChI is InChI=1S/C15H15ClN2O2/c1-11-2-7-14(20-11)8-9-15(19)18-17-10-12-3-5-13(16)6-4-12/h2-7,10H,8-9H2,1H3,(H,18,19)/b17-10+. The molecule has 20 heavy (non-hydrogen) atoms. The molecule has 0 saturated carbocycles. The van der Waals surface area contributed by atoms with Crippen molar-refractivity contribution in [1.82, 2.24) is 5.43 Å². The van der Waals surface area contributed by atoms with Crippen LogP contribution in [0.3, 0.4) is 0 Å². The van der Waals surface area contributed by atoms with Gasteiger partial charge in [0.2, 0.25) is 5.91 Å². The van der Waals surface area contributed by atoms with Crippen molar-refractivity contribution in [3.8, 4) is 0 Å². The van der Waals surface area contributed by atoms with Crippen molar-refractivity contribution in [1.29, 1.82) is 0 Å². The number of nitrogens with one attached hydrogen (secondary N) is 1.